The zero-order valence-electron chi connectivity index (χ0n) is 10.3. The summed E-state index contributed by atoms with van der Waals surface area (Å²) in [6, 6.07) is 4.93. The zero-order valence-corrected chi connectivity index (χ0v) is 11.1. The monoisotopic (exact) mass is 255 g/mol. The molecule has 94 valence electrons. The predicted octanol–water partition coefficient (Wildman–Crippen LogP) is 2.69. The van der Waals surface area contributed by atoms with E-state index in [0.29, 0.717) is 11.4 Å². The Morgan fingerprint density at radius 1 is 1.47 bits per heavy atom. The van der Waals surface area contributed by atoms with Crippen LogP contribution in [0.2, 0.25) is 0 Å². The molecule has 0 aliphatic heterocycles. The number of phenolic OH excluding ortho intramolecular Hbond substituents is 1. The molecule has 0 saturated heterocycles. The summed E-state index contributed by atoms with van der Waals surface area (Å²) < 4.78 is 0. The molecule has 1 amide bonds. The van der Waals surface area contributed by atoms with Crippen molar-refractivity contribution in [2.45, 2.75) is 26.8 Å². The van der Waals surface area contributed by atoms with Crippen molar-refractivity contribution in [3.63, 3.8) is 0 Å². The number of alkyl halides is 1. The summed E-state index contributed by atoms with van der Waals surface area (Å²) in [5.41, 5.74) is 1.24. The largest absolute Gasteiger partial charge is 0.507 e. The number of carbonyl (C=O) groups excluding carboxylic acids is 1. The molecule has 4 heteroatoms. The molecule has 2 N–H and O–H groups in total. The first-order valence-corrected chi connectivity index (χ1v) is 6.15. The summed E-state index contributed by atoms with van der Waals surface area (Å²) in [6.07, 6.45) is 0. The lowest BCUT2D eigenvalue weighted by Gasteiger charge is -2.19. The fraction of sp³-hybridized carbons (Fsp3) is 0.462. The molecule has 3 nitrogen and oxygen atoms in total. The van der Waals surface area contributed by atoms with Gasteiger partial charge in [0.1, 0.15) is 5.75 Å². The molecule has 0 bridgehead atoms. The summed E-state index contributed by atoms with van der Waals surface area (Å²) in [4.78, 5) is 11.9. The summed E-state index contributed by atoms with van der Waals surface area (Å²) in [5.74, 6) is 0.406. The van der Waals surface area contributed by atoms with E-state index in [1.807, 2.05) is 20.8 Å². The number of nitrogens with one attached hydrogen (secondary N) is 1. The summed E-state index contributed by atoms with van der Waals surface area (Å²) >= 11 is 5.73. The SMILES string of the molecule is Cc1ccc(O)c(C(=O)NC(C)C(C)CCl)c1. The second-order valence-electron chi connectivity index (χ2n) is 4.41. The molecule has 0 spiro atoms. The third-order valence-corrected chi connectivity index (χ3v) is 3.34. The maximum atomic E-state index is 11.9. The number of hydrogen-bond donors (Lipinski definition) is 2. The van der Waals surface area contributed by atoms with Gasteiger partial charge in [0.05, 0.1) is 5.56 Å². The average Bonchev–Trinajstić information content (AvgIpc) is 2.30. The predicted molar refractivity (Wildman–Crippen MR) is 69.7 cm³/mol. The van der Waals surface area contributed by atoms with Crippen molar-refractivity contribution < 1.29 is 9.90 Å². The number of aryl methyl sites for hydroxylation is 1. The van der Waals surface area contributed by atoms with Crippen LogP contribution in [0.1, 0.15) is 29.8 Å². The van der Waals surface area contributed by atoms with E-state index >= 15 is 0 Å². The van der Waals surface area contributed by atoms with Crippen LogP contribution in [0.4, 0.5) is 0 Å². The van der Waals surface area contributed by atoms with Crippen molar-refractivity contribution in [3.05, 3.63) is 29.3 Å². The Bertz CT molecular complexity index is 406. The van der Waals surface area contributed by atoms with Crippen LogP contribution >= 0.6 is 11.6 Å². The van der Waals surface area contributed by atoms with Gasteiger partial charge in [-0.25, -0.2) is 0 Å². The fourth-order valence-corrected chi connectivity index (χ4v) is 1.66. The number of aromatic hydroxyl groups is 1. The number of phenols is 1. The van der Waals surface area contributed by atoms with Crippen molar-refractivity contribution in [2.75, 3.05) is 5.88 Å². The van der Waals surface area contributed by atoms with E-state index in [0.717, 1.165) is 5.56 Å². The van der Waals surface area contributed by atoms with Gasteiger partial charge in [-0.3, -0.25) is 4.79 Å². The summed E-state index contributed by atoms with van der Waals surface area (Å²) in [5, 5.41) is 12.5. The van der Waals surface area contributed by atoms with Crippen LogP contribution < -0.4 is 5.32 Å². The highest BCUT2D eigenvalue weighted by atomic mass is 35.5. The van der Waals surface area contributed by atoms with E-state index in [1.54, 1.807) is 12.1 Å². The van der Waals surface area contributed by atoms with Gasteiger partial charge in [0.2, 0.25) is 0 Å². The van der Waals surface area contributed by atoms with Gasteiger partial charge in [-0.15, -0.1) is 11.6 Å². The maximum absolute atomic E-state index is 11.9. The second-order valence-corrected chi connectivity index (χ2v) is 4.72. The molecule has 0 aliphatic rings. The normalized spacial score (nSPS) is 14.1. The van der Waals surface area contributed by atoms with E-state index < -0.39 is 0 Å². The molecular formula is C13H18ClNO2. The van der Waals surface area contributed by atoms with E-state index in [2.05, 4.69) is 5.32 Å². The maximum Gasteiger partial charge on any atom is 0.255 e. The van der Waals surface area contributed by atoms with Crippen molar-refractivity contribution in [1.82, 2.24) is 5.32 Å². The lowest BCUT2D eigenvalue weighted by atomic mass is 10.0. The molecule has 2 unspecified atom stereocenters. The Morgan fingerprint density at radius 3 is 2.71 bits per heavy atom. The van der Waals surface area contributed by atoms with Gasteiger partial charge in [-0.05, 0) is 31.9 Å². The quantitative estimate of drug-likeness (QED) is 0.813. The van der Waals surface area contributed by atoms with Crippen LogP contribution in [0.3, 0.4) is 0 Å². The Morgan fingerprint density at radius 2 is 2.12 bits per heavy atom. The van der Waals surface area contributed by atoms with Crippen LogP contribution in [-0.2, 0) is 0 Å². The van der Waals surface area contributed by atoms with Gasteiger partial charge in [0, 0.05) is 11.9 Å². The molecule has 17 heavy (non-hydrogen) atoms. The van der Waals surface area contributed by atoms with Gasteiger partial charge in [0.25, 0.3) is 5.91 Å². The fourth-order valence-electron chi connectivity index (χ4n) is 1.39. The van der Waals surface area contributed by atoms with Crippen LogP contribution in [0.15, 0.2) is 18.2 Å². The Labute approximate surface area is 107 Å². The van der Waals surface area contributed by atoms with Gasteiger partial charge < -0.3 is 10.4 Å². The molecule has 0 saturated carbocycles. The number of halogens is 1. The minimum atomic E-state index is -0.268. The van der Waals surface area contributed by atoms with E-state index in [9.17, 15) is 9.90 Å². The number of rotatable bonds is 4. The highest BCUT2D eigenvalue weighted by Gasteiger charge is 2.17. The summed E-state index contributed by atoms with van der Waals surface area (Å²) in [6.45, 7) is 5.74. The molecule has 0 aromatic heterocycles. The molecule has 2 atom stereocenters. The third-order valence-electron chi connectivity index (χ3n) is 2.85. The Kier molecular flexibility index (Phi) is 4.82. The van der Waals surface area contributed by atoms with Crippen molar-refractivity contribution in [3.8, 4) is 5.75 Å². The highest BCUT2D eigenvalue weighted by Crippen LogP contribution is 2.18. The van der Waals surface area contributed by atoms with Crippen molar-refractivity contribution in [1.29, 1.82) is 0 Å². The molecule has 0 heterocycles. The Balaban J connectivity index is 2.79. The number of benzene rings is 1. The van der Waals surface area contributed by atoms with Crippen LogP contribution in [-0.4, -0.2) is 22.9 Å². The second kappa shape index (κ2) is 5.92. The Hall–Kier alpha value is -1.22. The van der Waals surface area contributed by atoms with Crippen molar-refractivity contribution >= 4 is 17.5 Å². The van der Waals surface area contributed by atoms with Gasteiger partial charge in [-0.2, -0.15) is 0 Å². The first kappa shape index (κ1) is 13.8. The standard InChI is InChI=1S/C13H18ClNO2/c1-8-4-5-12(16)11(6-8)13(17)15-10(3)9(2)7-14/h4-6,9-10,16H,7H2,1-3H3,(H,15,17). The number of carbonyl (C=O) groups is 1. The minimum Gasteiger partial charge on any atom is -0.507 e. The third kappa shape index (κ3) is 3.63. The minimum absolute atomic E-state index is 0.00109. The lowest BCUT2D eigenvalue weighted by Crippen LogP contribution is -2.37. The number of amides is 1. The molecule has 0 aliphatic carbocycles. The summed E-state index contributed by atoms with van der Waals surface area (Å²) in [7, 11) is 0. The van der Waals surface area contributed by atoms with E-state index in [4.69, 9.17) is 11.6 Å². The molecule has 0 fully saturated rings. The lowest BCUT2D eigenvalue weighted by molar-refractivity contribution is 0.0928. The topological polar surface area (TPSA) is 49.3 Å². The van der Waals surface area contributed by atoms with Gasteiger partial charge in [-0.1, -0.05) is 18.6 Å². The molecular weight excluding hydrogens is 238 g/mol. The first-order valence-electron chi connectivity index (χ1n) is 5.62. The van der Waals surface area contributed by atoms with E-state index in [-0.39, 0.29) is 23.6 Å². The molecule has 0 radical (unpaired) electrons. The first-order chi connectivity index (χ1) is 7.95. The molecule has 1 aromatic carbocycles. The average molecular weight is 256 g/mol. The smallest absolute Gasteiger partial charge is 0.255 e. The molecule has 1 rings (SSSR count). The van der Waals surface area contributed by atoms with Crippen LogP contribution in [0, 0.1) is 12.8 Å². The van der Waals surface area contributed by atoms with E-state index in [1.165, 1.54) is 6.07 Å². The van der Waals surface area contributed by atoms with Crippen molar-refractivity contribution in [2.24, 2.45) is 5.92 Å². The zero-order chi connectivity index (χ0) is 13.0. The van der Waals surface area contributed by atoms with Crippen LogP contribution in [0.5, 0.6) is 5.75 Å². The van der Waals surface area contributed by atoms with Crippen LogP contribution in [0.25, 0.3) is 0 Å². The number of hydrogen-bond acceptors (Lipinski definition) is 2. The van der Waals surface area contributed by atoms with Gasteiger partial charge >= 0.3 is 0 Å². The highest BCUT2D eigenvalue weighted by molar-refractivity contribution is 6.18. The molecule has 1 aromatic rings. The van der Waals surface area contributed by atoms with Gasteiger partial charge in [0.15, 0.2) is 0 Å².